The molecule has 37 heavy (non-hydrogen) atoms. The molecule has 0 saturated carbocycles. The Bertz CT molecular complexity index is 1690. The van der Waals surface area contributed by atoms with Crippen molar-refractivity contribution in [2.24, 2.45) is 20.5 Å². The highest BCUT2D eigenvalue weighted by Crippen LogP contribution is 2.44. The molecule has 5 N–H and O–H groups in total. The van der Waals surface area contributed by atoms with Crippen LogP contribution in [0.15, 0.2) is 89.7 Å². The van der Waals surface area contributed by atoms with Crippen molar-refractivity contribution in [1.29, 1.82) is 0 Å². The van der Waals surface area contributed by atoms with E-state index in [9.17, 15) is 18.6 Å². The number of sulfonamides is 1. The molecule has 0 aliphatic heterocycles. The van der Waals surface area contributed by atoms with Crippen LogP contribution in [0.4, 0.5) is 28.4 Å². The van der Waals surface area contributed by atoms with E-state index in [1.165, 1.54) is 37.4 Å². The average molecular weight is 555 g/mol. The largest absolute Gasteiger partial charge is 0.506 e. The number of aryl methyl sites for hydroxylation is 1. The quantitative estimate of drug-likeness (QED) is 0.0914. The van der Waals surface area contributed by atoms with Gasteiger partial charge in [-0.1, -0.05) is 0 Å². The number of phenols is 2. The Morgan fingerprint density at radius 1 is 0.892 bits per heavy atom. The smallest absolute Gasteiger partial charge is 0.240 e. The Morgan fingerprint density at radius 2 is 1.57 bits per heavy atom. The van der Waals surface area contributed by atoms with Crippen molar-refractivity contribution < 1.29 is 18.6 Å². The molecule has 0 bridgehead atoms. The highest BCUT2D eigenvalue weighted by Gasteiger charge is 2.15. The Hall–Kier alpha value is -3.65. The Kier molecular flexibility index (Phi) is 7.41. The zero-order valence-corrected chi connectivity index (χ0v) is 22.2. The monoisotopic (exact) mass is 554 g/mol. The third-order valence-corrected chi connectivity index (χ3v) is 7.45. The number of azo groups is 2. The number of fused-ring (bicyclic) bond motifs is 1. The first kappa shape index (κ1) is 26.4. The fourth-order valence-electron chi connectivity index (χ4n) is 3.50. The number of rotatable bonds is 6. The summed E-state index contributed by atoms with van der Waals surface area (Å²) in [5.74, 6) is -0.397. The normalized spacial score (nSPS) is 12.2. The van der Waals surface area contributed by atoms with Gasteiger partial charge < -0.3 is 15.9 Å². The number of nitrogens with two attached hydrogens (primary N) is 1. The molecule has 0 atom stereocenters. The van der Waals surface area contributed by atoms with Crippen LogP contribution in [-0.2, 0) is 10.0 Å². The number of nitrogens with zero attached hydrogens (tertiary/aromatic N) is 4. The average Bonchev–Trinajstić information content (AvgIpc) is 2.84. The second-order valence-electron chi connectivity index (χ2n) is 7.95. The molecule has 0 amide bonds. The number of phenolic OH excluding ortho intramolecular Hbond substituents is 2. The predicted octanol–water partition coefficient (Wildman–Crippen LogP) is 6.46. The Balaban J connectivity index is 1.61. The fraction of sp³-hybridized carbons (Fsp3) is 0.0833. The summed E-state index contributed by atoms with van der Waals surface area (Å²) in [6.45, 7) is 1.75. The summed E-state index contributed by atoms with van der Waals surface area (Å²) in [6.07, 6.45) is 0. The number of anilines is 1. The first-order valence-electron chi connectivity index (χ1n) is 10.7. The number of hydrogen-bond donors (Lipinski definition) is 6. The first-order chi connectivity index (χ1) is 17.5. The lowest BCUT2D eigenvalue weighted by Crippen LogP contribution is -2.18. The van der Waals surface area contributed by atoms with E-state index >= 15 is 0 Å². The van der Waals surface area contributed by atoms with E-state index in [0.717, 1.165) is 0 Å². The van der Waals surface area contributed by atoms with E-state index in [2.05, 4.69) is 50.4 Å². The molecule has 0 saturated heterocycles. The molecule has 0 unspecified atom stereocenters. The van der Waals surface area contributed by atoms with Crippen LogP contribution in [0.25, 0.3) is 10.8 Å². The molecule has 0 aromatic heterocycles. The van der Waals surface area contributed by atoms with Crippen molar-refractivity contribution in [2.75, 3.05) is 12.8 Å². The van der Waals surface area contributed by atoms with Crippen LogP contribution in [0.5, 0.6) is 11.5 Å². The summed E-state index contributed by atoms with van der Waals surface area (Å²) in [6, 6.07) is 13.9. The van der Waals surface area contributed by atoms with E-state index in [1.807, 2.05) is 0 Å². The molecule has 0 heterocycles. The van der Waals surface area contributed by atoms with E-state index in [-0.39, 0.29) is 27.8 Å². The molecule has 190 valence electrons. The lowest BCUT2D eigenvalue weighted by atomic mass is 10.1. The minimum Gasteiger partial charge on any atom is -0.506 e. The van der Waals surface area contributed by atoms with Gasteiger partial charge in [-0.15, -0.1) is 35.5 Å². The van der Waals surface area contributed by atoms with Gasteiger partial charge in [-0.05, 0) is 73.5 Å². The summed E-state index contributed by atoms with van der Waals surface area (Å²) in [5.41, 5.74) is 8.07. The fourth-order valence-corrected chi connectivity index (χ4v) is 4.79. The van der Waals surface area contributed by atoms with Gasteiger partial charge >= 0.3 is 0 Å². The Labute approximate surface area is 223 Å². The van der Waals surface area contributed by atoms with Gasteiger partial charge in [0.15, 0.2) is 5.75 Å². The highest BCUT2D eigenvalue weighted by atomic mass is 32.2. The SMILES string of the molecule is CNS(=O)(=O)c1ccc(/N=N/c2cc(O)c(/N=N/c3c(S)cc4cc(S)cc(N)c4c3O)cc2C)cc1. The maximum absolute atomic E-state index is 11.8. The minimum absolute atomic E-state index is 0.0963. The van der Waals surface area contributed by atoms with Crippen molar-refractivity contribution in [2.45, 2.75) is 21.6 Å². The van der Waals surface area contributed by atoms with E-state index in [4.69, 9.17) is 5.73 Å². The van der Waals surface area contributed by atoms with E-state index in [0.29, 0.717) is 43.2 Å². The number of thiol groups is 2. The third-order valence-electron chi connectivity index (χ3n) is 5.42. The number of benzene rings is 4. The van der Waals surface area contributed by atoms with Crippen molar-refractivity contribution in [3.8, 4) is 11.5 Å². The molecule has 13 heteroatoms. The van der Waals surface area contributed by atoms with Gasteiger partial charge in [-0.3, -0.25) is 0 Å². The summed E-state index contributed by atoms with van der Waals surface area (Å²) in [4.78, 5) is 1.11. The lowest BCUT2D eigenvalue weighted by molar-refractivity contribution is 0.475. The molecule has 0 aliphatic carbocycles. The van der Waals surface area contributed by atoms with E-state index in [1.54, 1.807) is 31.2 Å². The number of hydrogen-bond acceptors (Lipinski definition) is 11. The van der Waals surface area contributed by atoms with Gasteiger partial charge in [0, 0.05) is 26.9 Å². The summed E-state index contributed by atoms with van der Waals surface area (Å²) in [5, 5.41) is 38.7. The number of nitrogen functional groups attached to an aromatic ring is 1. The van der Waals surface area contributed by atoms with Crippen LogP contribution in [0.1, 0.15) is 5.56 Å². The van der Waals surface area contributed by atoms with Crippen LogP contribution in [-0.4, -0.2) is 25.7 Å². The lowest BCUT2D eigenvalue weighted by Gasteiger charge is -2.10. The second-order valence-corrected chi connectivity index (χ2v) is 10.8. The maximum Gasteiger partial charge on any atom is 0.240 e. The van der Waals surface area contributed by atoms with Crippen molar-refractivity contribution >= 4 is 74.5 Å². The van der Waals surface area contributed by atoms with Crippen molar-refractivity contribution in [1.82, 2.24) is 4.72 Å². The van der Waals surface area contributed by atoms with Crippen LogP contribution >= 0.6 is 25.3 Å². The number of nitrogens with one attached hydrogen (secondary N) is 1. The predicted molar refractivity (Wildman–Crippen MR) is 148 cm³/mol. The summed E-state index contributed by atoms with van der Waals surface area (Å²) < 4.78 is 25.9. The third kappa shape index (κ3) is 5.54. The molecule has 4 rings (SSSR count). The molecule has 0 fully saturated rings. The zero-order chi connectivity index (χ0) is 26.9. The minimum atomic E-state index is -3.55. The molecule has 4 aromatic carbocycles. The molecular formula is C24H22N6O4S3. The first-order valence-corrected chi connectivity index (χ1v) is 13.1. The maximum atomic E-state index is 11.8. The molecule has 0 radical (unpaired) electrons. The summed E-state index contributed by atoms with van der Waals surface area (Å²) >= 11 is 8.71. The van der Waals surface area contributed by atoms with Gasteiger partial charge in [0.25, 0.3) is 0 Å². The van der Waals surface area contributed by atoms with Crippen LogP contribution in [0, 0.1) is 6.92 Å². The van der Waals surface area contributed by atoms with Crippen LogP contribution < -0.4 is 10.5 Å². The van der Waals surface area contributed by atoms with Crippen molar-refractivity contribution in [3.63, 3.8) is 0 Å². The van der Waals surface area contributed by atoms with E-state index < -0.39 is 10.0 Å². The van der Waals surface area contributed by atoms with Gasteiger partial charge in [0.05, 0.1) is 16.3 Å². The standard InChI is InChI=1S/C24H22N6O4S3/c1-12-7-19(29-30-23-21(36)9-13-8-15(35)10-17(25)22(13)24(23)32)20(31)11-18(12)28-27-14-3-5-16(6-4-14)37(33,34)26-2/h3-11,26,31-32,35-36H,25H2,1-2H3/b28-27+,30-29+. The topological polar surface area (TPSA) is 162 Å². The molecule has 10 nitrogen and oxygen atoms in total. The van der Waals surface area contributed by atoms with Crippen molar-refractivity contribution in [3.05, 3.63) is 60.2 Å². The van der Waals surface area contributed by atoms with Crippen LogP contribution in [0.3, 0.4) is 0 Å². The molecule has 0 spiro atoms. The zero-order valence-electron chi connectivity index (χ0n) is 19.6. The van der Waals surface area contributed by atoms with Gasteiger partial charge in [0.1, 0.15) is 17.1 Å². The van der Waals surface area contributed by atoms with Gasteiger partial charge in [0.2, 0.25) is 10.0 Å². The summed E-state index contributed by atoms with van der Waals surface area (Å²) in [7, 11) is -2.22. The second kappa shape index (κ2) is 10.4. The molecular weight excluding hydrogens is 533 g/mol. The highest BCUT2D eigenvalue weighted by molar-refractivity contribution is 7.89. The van der Waals surface area contributed by atoms with Gasteiger partial charge in [-0.2, -0.15) is 10.2 Å². The number of aromatic hydroxyl groups is 2. The molecule has 0 aliphatic rings. The molecule has 4 aromatic rings. The van der Waals surface area contributed by atoms with Gasteiger partial charge in [-0.25, -0.2) is 13.1 Å². The van der Waals surface area contributed by atoms with Crippen LogP contribution in [0.2, 0.25) is 0 Å². The Morgan fingerprint density at radius 3 is 2.24 bits per heavy atom.